The summed E-state index contributed by atoms with van der Waals surface area (Å²) in [5.74, 6) is 1.54. The molecule has 2 N–H and O–H groups in total. The van der Waals surface area contributed by atoms with Crippen molar-refractivity contribution in [3.63, 3.8) is 0 Å². The largest absolute Gasteiger partial charge is 0.316 e. The lowest BCUT2D eigenvalue weighted by Gasteiger charge is -2.13. The van der Waals surface area contributed by atoms with Gasteiger partial charge in [-0.2, -0.15) is 11.8 Å². The molecule has 2 rings (SSSR count). The Balaban J connectivity index is 2.21. The Labute approximate surface area is 133 Å². The standard InChI is InChI=1S/C13H18ClFN2O2S2/c1-16-7-10-4-11(14)5-12(13(10)15)21(18,19)17-6-9-2-3-20-8-9/h4-5,9,16-17H,2-3,6-8H2,1H3. The molecule has 1 unspecified atom stereocenters. The van der Waals surface area contributed by atoms with E-state index in [0.717, 1.165) is 24.0 Å². The van der Waals surface area contributed by atoms with Crippen molar-refractivity contribution in [1.29, 1.82) is 0 Å². The highest BCUT2D eigenvalue weighted by Gasteiger charge is 2.24. The number of benzene rings is 1. The van der Waals surface area contributed by atoms with Crippen LogP contribution in [0.5, 0.6) is 0 Å². The minimum atomic E-state index is -3.89. The topological polar surface area (TPSA) is 58.2 Å². The van der Waals surface area contributed by atoms with Gasteiger partial charge < -0.3 is 5.32 Å². The number of nitrogens with one attached hydrogen (secondary N) is 2. The van der Waals surface area contributed by atoms with Gasteiger partial charge in [-0.1, -0.05) is 11.6 Å². The van der Waals surface area contributed by atoms with Crippen LogP contribution in [-0.4, -0.2) is 33.5 Å². The molecule has 0 saturated carbocycles. The number of halogens is 2. The number of rotatable bonds is 6. The maximum Gasteiger partial charge on any atom is 0.243 e. The van der Waals surface area contributed by atoms with Gasteiger partial charge in [0.05, 0.1) is 0 Å². The summed E-state index contributed by atoms with van der Waals surface area (Å²) < 4.78 is 41.4. The molecule has 0 bridgehead atoms. The first kappa shape index (κ1) is 17.0. The molecule has 0 spiro atoms. The van der Waals surface area contributed by atoms with Crippen molar-refractivity contribution in [3.8, 4) is 0 Å². The van der Waals surface area contributed by atoms with Gasteiger partial charge in [0.1, 0.15) is 10.7 Å². The number of sulfonamides is 1. The highest BCUT2D eigenvalue weighted by Crippen LogP contribution is 2.25. The molecule has 0 radical (unpaired) electrons. The van der Waals surface area contributed by atoms with E-state index in [1.807, 2.05) is 0 Å². The summed E-state index contributed by atoms with van der Waals surface area (Å²) in [7, 11) is -2.23. The van der Waals surface area contributed by atoms with Crippen LogP contribution in [0.2, 0.25) is 5.02 Å². The van der Waals surface area contributed by atoms with Gasteiger partial charge in [-0.05, 0) is 43.0 Å². The zero-order valence-electron chi connectivity index (χ0n) is 11.7. The van der Waals surface area contributed by atoms with Gasteiger partial charge in [-0.15, -0.1) is 0 Å². The number of thioether (sulfide) groups is 1. The van der Waals surface area contributed by atoms with Crippen molar-refractivity contribution >= 4 is 33.4 Å². The van der Waals surface area contributed by atoms with Crippen LogP contribution in [0.25, 0.3) is 0 Å². The van der Waals surface area contributed by atoms with Crippen molar-refractivity contribution in [2.45, 2.75) is 17.9 Å². The maximum absolute atomic E-state index is 14.3. The van der Waals surface area contributed by atoms with E-state index in [-0.39, 0.29) is 22.0 Å². The monoisotopic (exact) mass is 352 g/mol. The molecule has 1 aromatic carbocycles. The van der Waals surface area contributed by atoms with Crippen LogP contribution in [0.15, 0.2) is 17.0 Å². The van der Waals surface area contributed by atoms with Crippen molar-refractivity contribution < 1.29 is 12.8 Å². The van der Waals surface area contributed by atoms with Gasteiger partial charge in [-0.3, -0.25) is 0 Å². The predicted molar refractivity (Wildman–Crippen MR) is 84.8 cm³/mol. The quantitative estimate of drug-likeness (QED) is 0.824. The fourth-order valence-electron chi connectivity index (χ4n) is 2.18. The van der Waals surface area contributed by atoms with Gasteiger partial charge in [0, 0.05) is 23.7 Å². The van der Waals surface area contributed by atoms with E-state index in [1.165, 1.54) is 6.07 Å². The smallest absolute Gasteiger partial charge is 0.243 e. The van der Waals surface area contributed by atoms with Crippen molar-refractivity contribution in [2.24, 2.45) is 5.92 Å². The van der Waals surface area contributed by atoms with Crippen LogP contribution in [0.1, 0.15) is 12.0 Å². The first-order valence-corrected chi connectivity index (χ1v) is 9.65. The van der Waals surface area contributed by atoms with Crippen molar-refractivity contribution in [3.05, 3.63) is 28.5 Å². The van der Waals surface area contributed by atoms with E-state index in [9.17, 15) is 12.8 Å². The summed E-state index contributed by atoms with van der Waals surface area (Å²) >= 11 is 7.71. The lowest BCUT2D eigenvalue weighted by atomic mass is 10.1. The van der Waals surface area contributed by atoms with Gasteiger partial charge >= 0.3 is 0 Å². The number of hydrogen-bond donors (Lipinski definition) is 2. The molecule has 1 fully saturated rings. The molecular weight excluding hydrogens is 335 g/mol. The molecule has 21 heavy (non-hydrogen) atoms. The van der Waals surface area contributed by atoms with Crippen LogP contribution in [0, 0.1) is 11.7 Å². The average molecular weight is 353 g/mol. The third kappa shape index (κ3) is 4.32. The zero-order valence-corrected chi connectivity index (χ0v) is 14.0. The molecule has 1 atom stereocenters. The fourth-order valence-corrected chi connectivity index (χ4v) is 5.03. The van der Waals surface area contributed by atoms with E-state index in [1.54, 1.807) is 18.8 Å². The van der Waals surface area contributed by atoms with Crippen LogP contribution < -0.4 is 10.0 Å². The SMILES string of the molecule is CNCc1cc(Cl)cc(S(=O)(=O)NCC2CCSC2)c1F. The first-order chi connectivity index (χ1) is 9.94. The van der Waals surface area contributed by atoms with Crippen LogP contribution >= 0.6 is 23.4 Å². The van der Waals surface area contributed by atoms with E-state index >= 15 is 0 Å². The summed E-state index contributed by atoms with van der Waals surface area (Å²) in [4.78, 5) is -0.383. The number of hydrogen-bond acceptors (Lipinski definition) is 4. The molecule has 1 aliphatic rings. The van der Waals surface area contributed by atoms with Crippen LogP contribution in [0.4, 0.5) is 4.39 Å². The molecule has 0 amide bonds. The minimum Gasteiger partial charge on any atom is -0.316 e. The summed E-state index contributed by atoms with van der Waals surface area (Å²) in [5, 5.41) is 3.00. The van der Waals surface area contributed by atoms with Crippen molar-refractivity contribution in [2.75, 3.05) is 25.1 Å². The van der Waals surface area contributed by atoms with E-state index in [0.29, 0.717) is 12.5 Å². The molecule has 4 nitrogen and oxygen atoms in total. The second-order valence-electron chi connectivity index (χ2n) is 4.99. The van der Waals surface area contributed by atoms with Crippen molar-refractivity contribution in [1.82, 2.24) is 10.0 Å². The van der Waals surface area contributed by atoms with Gasteiger partial charge in [0.15, 0.2) is 0 Å². The van der Waals surface area contributed by atoms with E-state index in [4.69, 9.17) is 11.6 Å². The Morgan fingerprint density at radius 3 is 2.86 bits per heavy atom. The Hall–Kier alpha value is -0.340. The molecule has 1 saturated heterocycles. The fraction of sp³-hybridized carbons (Fsp3) is 0.538. The summed E-state index contributed by atoms with van der Waals surface area (Å²) in [5.41, 5.74) is 0.238. The third-order valence-corrected chi connectivity index (χ3v) is 6.19. The predicted octanol–water partition coefficient (Wildman–Crippen LogP) is 2.23. The van der Waals surface area contributed by atoms with Crippen LogP contribution in [0.3, 0.4) is 0 Å². The second kappa shape index (κ2) is 7.28. The maximum atomic E-state index is 14.3. The minimum absolute atomic E-state index is 0.207. The molecule has 1 heterocycles. The highest BCUT2D eigenvalue weighted by molar-refractivity contribution is 7.99. The van der Waals surface area contributed by atoms with E-state index in [2.05, 4.69) is 10.0 Å². The van der Waals surface area contributed by atoms with Gasteiger partial charge in [0.25, 0.3) is 0 Å². The van der Waals surface area contributed by atoms with E-state index < -0.39 is 15.8 Å². The molecule has 118 valence electrons. The highest BCUT2D eigenvalue weighted by atomic mass is 35.5. The van der Waals surface area contributed by atoms with Crippen LogP contribution in [-0.2, 0) is 16.6 Å². The first-order valence-electron chi connectivity index (χ1n) is 6.64. The lowest BCUT2D eigenvalue weighted by molar-refractivity contribution is 0.529. The summed E-state index contributed by atoms with van der Waals surface area (Å²) in [6.07, 6.45) is 0.982. The lowest BCUT2D eigenvalue weighted by Crippen LogP contribution is -2.30. The third-order valence-electron chi connectivity index (χ3n) is 3.32. The summed E-state index contributed by atoms with van der Waals surface area (Å²) in [6.45, 7) is 0.552. The molecule has 1 aliphatic heterocycles. The Bertz CT molecular complexity index is 604. The van der Waals surface area contributed by atoms with Gasteiger partial charge in [-0.25, -0.2) is 17.5 Å². The molecule has 1 aromatic rings. The average Bonchev–Trinajstić information content (AvgIpc) is 2.94. The Morgan fingerprint density at radius 1 is 1.48 bits per heavy atom. The molecule has 0 aliphatic carbocycles. The Kier molecular flexibility index (Phi) is 5.90. The second-order valence-corrected chi connectivity index (χ2v) is 8.31. The summed E-state index contributed by atoms with van der Waals surface area (Å²) in [6, 6.07) is 2.59. The molecule has 0 aromatic heterocycles. The molecule has 8 heteroatoms. The van der Waals surface area contributed by atoms with Gasteiger partial charge in [0.2, 0.25) is 10.0 Å². The normalized spacial score (nSPS) is 19.1. The zero-order chi connectivity index (χ0) is 15.5. The molecular formula is C13H18ClFN2O2S2. The Morgan fingerprint density at radius 2 is 2.24 bits per heavy atom.